The second kappa shape index (κ2) is 8.48. The zero-order valence-corrected chi connectivity index (χ0v) is 11.3. The first kappa shape index (κ1) is 14.5. The van der Waals surface area contributed by atoms with Gasteiger partial charge in [0, 0.05) is 19.1 Å². The molecule has 0 aliphatic carbocycles. The molecular weight excluding hydrogens is 214 g/mol. The van der Waals surface area contributed by atoms with Gasteiger partial charge < -0.3 is 10.6 Å². The third-order valence-corrected chi connectivity index (χ3v) is 3.13. The summed E-state index contributed by atoms with van der Waals surface area (Å²) in [7, 11) is 0. The maximum Gasteiger partial charge on any atom is 0.234 e. The average molecular weight is 241 g/mol. The van der Waals surface area contributed by atoms with Gasteiger partial charge >= 0.3 is 0 Å². The average Bonchev–Trinajstić information content (AvgIpc) is 2.34. The molecule has 0 aromatic carbocycles. The number of nitrogens with one attached hydrogen (secondary N) is 2. The maximum absolute atomic E-state index is 11.6. The molecule has 1 rings (SSSR count). The van der Waals surface area contributed by atoms with Crippen molar-refractivity contribution < 1.29 is 4.79 Å². The van der Waals surface area contributed by atoms with Gasteiger partial charge in [-0.05, 0) is 38.8 Å². The Bertz CT molecular complexity index is 221. The van der Waals surface area contributed by atoms with Gasteiger partial charge in [0.25, 0.3) is 0 Å². The number of rotatable bonds is 7. The number of amides is 1. The van der Waals surface area contributed by atoms with Gasteiger partial charge in [-0.25, -0.2) is 0 Å². The fourth-order valence-electron chi connectivity index (χ4n) is 2.24. The Kier molecular flexibility index (Phi) is 7.21. The van der Waals surface area contributed by atoms with E-state index in [-0.39, 0.29) is 5.91 Å². The molecular formula is C13H27N3O. The van der Waals surface area contributed by atoms with Gasteiger partial charge in [0.2, 0.25) is 5.91 Å². The molecule has 100 valence electrons. The van der Waals surface area contributed by atoms with E-state index < -0.39 is 0 Å². The minimum absolute atomic E-state index is 0.169. The van der Waals surface area contributed by atoms with Crippen LogP contribution in [0, 0.1) is 0 Å². The van der Waals surface area contributed by atoms with Crippen LogP contribution in [-0.4, -0.2) is 49.6 Å². The van der Waals surface area contributed by atoms with Crippen molar-refractivity contribution in [3.63, 3.8) is 0 Å². The van der Waals surface area contributed by atoms with Crippen molar-refractivity contribution >= 4 is 5.91 Å². The SMILES string of the molecule is CCCNC(=O)CN1CCCC(NCCC)C1. The van der Waals surface area contributed by atoms with Gasteiger partial charge in [-0.3, -0.25) is 9.69 Å². The zero-order valence-electron chi connectivity index (χ0n) is 11.3. The number of nitrogens with zero attached hydrogens (tertiary/aromatic N) is 1. The van der Waals surface area contributed by atoms with Crippen LogP contribution in [0.25, 0.3) is 0 Å². The van der Waals surface area contributed by atoms with Crippen LogP contribution in [0.15, 0.2) is 0 Å². The van der Waals surface area contributed by atoms with Crippen LogP contribution < -0.4 is 10.6 Å². The van der Waals surface area contributed by atoms with Crippen LogP contribution in [0.5, 0.6) is 0 Å². The summed E-state index contributed by atoms with van der Waals surface area (Å²) in [5.41, 5.74) is 0. The lowest BCUT2D eigenvalue weighted by molar-refractivity contribution is -0.122. The molecule has 1 amide bonds. The van der Waals surface area contributed by atoms with E-state index in [1.807, 2.05) is 0 Å². The van der Waals surface area contributed by atoms with E-state index in [1.165, 1.54) is 19.3 Å². The van der Waals surface area contributed by atoms with Crippen LogP contribution in [0.2, 0.25) is 0 Å². The Morgan fingerprint density at radius 3 is 2.76 bits per heavy atom. The molecule has 2 N–H and O–H groups in total. The van der Waals surface area contributed by atoms with Gasteiger partial charge in [-0.1, -0.05) is 13.8 Å². The molecule has 0 aromatic rings. The van der Waals surface area contributed by atoms with E-state index in [0.717, 1.165) is 32.6 Å². The molecule has 1 aliphatic rings. The van der Waals surface area contributed by atoms with Gasteiger partial charge in [0.15, 0.2) is 0 Å². The maximum atomic E-state index is 11.6. The molecule has 4 heteroatoms. The molecule has 0 radical (unpaired) electrons. The fourth-order valence-corrected chi connectivity index (χ4v) is 2.24. The fraction of sp³-hybridized carbons (Fsp3) is 0.923. The van der Waals surface area contributed by atoms with Crippen LogP contribution >= 0.6 is 0 Å². The molecule has 1 fully saturated rings. The lowest BCUT2D eigenvalue weighted by Gasteiger charge is -2.32. The molecule has 1 unspecified atom stereocenters. The Balaban J connectivity index is 2.21. The summed E-state index contributed by atoms with van der Waals surface area (Å²) in [4.78, 5) is 13.9. The van der Waals surface area contributed by atoms with Crippen molar-refractivity contribution in [3.8, 4) is 0 Å². The third kappa shape index (κ3) is 6.03. The third-order valence-electron chi connectivity index (χ3n) is 3.13. The minimum Gasteiger partial charge on any atom is -0.355 e. The number of piperidine rings is 1. The minimum atomic E-state index is 0.169. The Morgan fingerprint density at radius 1 is 1.29 bits per heavy atom. The molecule has 1 saturated heterocycles. The van der Waals surface area contributed by atoms with Crippen molar-refractivity contribution in [1.29, 1.82) is 0 Å². The first-order valence-electron chi connectivity index (χ1n) is 6.98. The standard InChI is InChI=1S/C13H27N3O/c1-3-7-14-12-6-5-9-16(10-12)11-13(17)15-8-4-2/h12,14H,3-11H2,1-2H3,(H,15,17). The summed E-state index contributed by atoms with van der Waals surface area (Å²) in [6.07, 6.45) is 4.62. The number of carbonyl (C=O) groups excluding carboxylic acids is 1. The number of hydrogen-bond acceptors (Lipinski definition) is 3. The van der Waals surface area contributed by atoms with E-state index in [0.29, 0.717) is 12.6 Å². The Morgan fingerprint density at radius 2 is 2.06 bits per heavy atom. The molecule has 1 aliphatic heterocycles. The molecule has 0 spiro atoms. The molecule has 1 heterocycles. The number of likely N-dealkylation sites (tertiary alicyclic amines) is 1. The topological polar surface area (TPSA) is 44.4 Å². The van der Waals surface area contributed by atoms with Crippen molar-refractivity contribution in [2.45, 2.75) is 45.6 Å². The predicted molar refractivity (Wildman–Crippen MR) is 71.1 cm³/mol. The summed E-state index contributed by atoms with van der Waals surface area (Å²) in [5.74, 6) is 0.169. The van der Waals surface area contributed by atoms with Crippen molar-refractivity contribution in [3.05, 3.63) is 0 Å². The molecule has 0 bridgehead atoms. The van der Waals surface area contributed by atoms with Gasteiger partial charge in [0.05, 0.1) is 6.54 Å². The van der Waals surface area contributed by atoms with Gasteiger partial charge in [-0.15, -0.1) is 0 Å². The monoisotopic (exact) mass is 241 g/mol. The summed E-state index contributed by atoms with van der Waals surface area (Å²) in [5, 5.41) is 6.48. The van der Waals surface area contributed by atoms with Crippen molar-refractivity contribution in [2.24, 2.45) is 0 Å². The smallest absolute Gasteiger partial charge is 0.234 e. The highest BCUT2D eigenvalue weighted by Gasteiger charge is 2.20. The van der Waals surface area contributed by atoms with Crippen molar-refractivity contribution in [1.82, 2.24) is 15.5 Å². The van der Waals surface area contributed by atoms with Crippen LogP contribution in [0.4, 0.5) is 0 Å². The summed E-state index contributed by atoms with van der Waals surface area (Å²) in [6.45, 7) is 8.77. The quantitative estimate of drug-likeness (QED) is 0.698. The van der Waals surface area contributed by atoms with Gasteiger partial charge in [0.1, 0.15) is 0 Å². The highest BCUT2D eigenvalue weighted by molar-refractivity contribution is 5.77. The highest BCUT2D eigenvalue weighted by atomic mass is 16.2. The lowest BCUT2D eigenvalue weighted by atomic mass is 10.1. The largest absolute Gasteiger partial charge is 0.355 e. The van der Waals surface area contributed by atoms with E-state index in [4.69, 9.17) is 0 Å². The molecule has 0 saturated carbocycles. The van der Waals surface area contributed by atoms with Crippen LogP contribution in [-0.2, 0) is 4.79 Å². The number of hydrogen-bond donors (Lipinski definition) is 2. The van der Waals surface area contributed by atoms with Gasteiger partial charge in [-0.2, -0.15) is 0 Å². The molecule has 1 atom stereocenters. The Hall–Kier alpha value is -0.610. The first-order chi connectivity index (χ1) is 8.26. The van der Waals surface area contributed by atoms with Crippen molar-refractivity contribution in [2.75, 3.05) is 32.7 Å². The molecule has 0 aromatic heterocycles. The zero-order chi connectivity index (χ0) is 12.5. The van der Waals surface area contributed by atoms with E-state index >= 15 is 0 Å². The predicted octanol–water partition coefficient (Wildman–Crippen LogP) is 0.977. The van der Waals surface area contributed by atoms with E-state index in [1.54, 1.807) is 0 Å². The normalized spacial score (nSPS) is 21.4. The lowest BCUT2D eigenvalue weighted by Crippen LogP contribution is -2.49. The van der Waals surface area contributed by atoms with Crippen LogP contribution in [0.1, 0.15) is 39.5 Å². The number of carbonyl (C=O) groups is 1. The second-order valence-electron chi connectivity index (χ2n) is 4.88. The van der Waals surface area contributed by atoms with E-state index in [2.05, 4.69) is 29.4 Å². The summed E-state index contributed by atoms with van der Waals surface area (Å²) < 4.78 is 0. The molecule has 17 heavy (non-hydrogen) atoms. The highest BCUT2D eigenvalue weighted by Crippen LogP contribution is 2.09. The summed E-state index contributed by atoms with van der Waals surface area (Å²) in [6, 6.07) is 0.572. The molecule has 4 nitrogen and oxygen atoms in total. The van der Waals surface area contributed by atoms with E-state index in [9.17, 15) is 4.79 Å². The second-order valence-corrected chi connectivity index (χ2v) is 4.88. The first-order valence-corrected chi connectivity index (χ1v) is 6.98. The summed E-state index contributed by atoms with van der Waals surface area (Å²) >= 11 is 0. The Labute approximate surface area is 105 Å². The van der Waals surface area contributed by atoms with Crippen LogP contribution in [0.3, 0.4) is 0 Å².